The van der Waals surface area contributed by atoms with Crippen LogP contribution in [-0.2, 0) is 14.8 Å². The number of hydrogen-bond acceptors (Lipinski definition) is 4. The van der Waals surface area contributed by atoms with Crippen molar-refractivity contribution in [2.24, 2.45) is 5.92 Å². The molecule has 1 atom stereocenters. The first-order chi connectivity index (χ1) is 12.3. The number of carbonyl (C=O) groups is 1. The lowest BCUT2D eigenvalue weighted by molar-refractivity contribution is -0.895. The predicted octanol–water partition coefficient (Wildman–Crippen LogP) is -0.392. The fourth-order valence-electron chi connectivity index (χ4n) is 2.84. The molecule has 0 spiro atoms. The number of amides is 1. The molecule has 1 aromatic carbocycles. The number of nitrogens with one attached hydrogen (secondary N) is 2. The number of nitriles is 1. The molecule has 8 heteroatoms. The molecule has 0 bridgehead atoms. The van der Waals surface area contributed by atoms with Crippen LogP contribution in [0.4, 0.5) is 0 Å². The Hall–Kier alpha value is -1.95. The van der Waals surface area contributed by atoms with Gasteiger partial charge >= 0.3 is 0 Å². The van der Waals surface area contributed by atoms with Crippen LogP contribution in [0.2, 0.25) is 0 Å². The molecule has 0 radical (unpaired) electrons. The number of nitrogens with zero attached hydrogens (tertiary/aromatic N) is 2. The third-order valence-electron chi connectivity index (χ3n) is 4.85. The average molecular weight is 380 g/mol. The zero-order valence-corrected chi connectivity index (χ0v) is 16.3. The standard InChI is InChI=1S/C18H26N4O3S/c1-14(2)15(3)20-18(23)13-21-8-10-22(11-9-21)26(24,25)17-7-5-4-6-16(17)12-19/h4-7,14-15H,8-11,13H2,1-3H3,(H,20,23)/p+1/t15-/m0/s1. The Morgan fingerprint density at radius 1 is 1.27 bits per heavy atom. The Balaban J connectivity index is 1.96. The first kappa shape index (κ1) is 20.4. The van der Waals surface area contributed by atoms with Crippen LogP contribution in [0, 0.1) is 17.2 Å². The third-order valence-corrected chi connectivity index (χ3v) is 6.81. The maximum absolute atomic E-state index is 12.8. The Kier molecular flexibility index (Phi) is 6.75. The number of sulfonamides is 1. The Morgan fingerprint density at radius 2 is 1.88 bits per heavy atom. The molecule has 0 unspecified atom stereocenters. The van der Waals surface area contributed by atoms with E-state index in [9.17, 15) is 13.2 Å². The van der Waals surface area contributed by atoms with E-state index in [2.05, 4.69) is 19.2 Å². The van der Waals surface area contributed by atoms with Crippen molar-refractivity contribution in [3.05, 3.63) is 29.8 Å². The SMILES string of the molecule is CC(C)[C@H](C)NC(=O)C[NH+]1CCN(S(=O)(=O)c2ccccc2C#N)CC1. The quantitative estimate of drug-likeness (QED) is 0.704. The molecule has 26 heavy (non-hydrogen) atoms. The van der Waals surface area contributed by atoms with Gasteiger partial charge in [-0.1, -0.05) is 26.0 Å². The molecule has 1 aliphatic heterocycles. The van der Waals surface area contributed by atoms with Gasteiger partial charge in [0, 0.05) is 6.04 Å². The van der Waals surface area contributed by atoms with Crippen LogP contribution in [0.3, 0.4) is 0 Å². The second kappa shape index (κ2) is 8.62. The van der Waals surface area contributed by atoms with Crippen LogP contribution >= 0.6 is 0 Å². The van der Waals surface area contributed by atoms with E-state index in [1.165, 1.54) is 16.4 Å². The largest absolute Gasteiger partial charge is 0.348 e. The summed E-state index contributed by atoms with van der Waals surface area (Å²) in [6.07, 6.45) is 0. The van der Waals surface area contributed by atoms with E-state index in [0.29, 0.717) is 38.6 Å². The van der Waals surface area contributed by atoms with Crippen molar-refractivity contribution in [1.82, 2.24) is 9.62 Å². The minimum Gasteiger partial charge on any atom is -0.348 e. The van der Waals surface area contributed by atoms with Crippen LogP contribution in [0.1, 0.15) is 26.3 Å². The molecule has 1 heterocycles. The minimum absolute atomic E-state index is 0.00710. The van der Waals surface area contributed by atoms with Crippen LogP contribution < -0.4 is 10.2 Å². The van der Waals surface area contributed by atoms with E-state index in [0.717, 1.165) is 4.90 Å². The summed E-state index contributed by atoms with van der Waals surface area (Å²) in [6.45, 7) is 8.25. The second-order valence-electron chi connectivity index (χ2n) is 7.04. The summed E-state index contributed by atoms with van der Waals surface area (Å²) in [7, 11) is -3.69. The van der Waals surface area contributed by atoms with Crippen molar-refractivity contribution < 1.29 is 18.1 Å². The molecular weight excluding hydrogens is 352 g/mol. The fourth-order valence-corrected chi connectivity index (χ4v) is 4.42. The van der Waals surface area contributed by atoms with Gasteiger partial charge in [-0.3, -0.25) is 4.79 Å². The van der Waals surface area contributed by atoms with E-state index in [1.54, 1.807) is 12.1 Å². The summed E-state index contributed by atoms with van der Waals surface area (Å²) in [6, 6.07) is 8.30. The molecular formula is C18H27N4O3S+. The highest BCUT2D eigenvalue weighted by Gasteiger charge is 2.32. The molecule has 7 nitrogen and oxygen atoms in total. The van der Waals surface area contributed by atoms with E-state index >= 15 is 0 Å². The van der Waals surface area contributed by atoms with Crippen molar-refractivity contribution in [1.29, 1.82) is 5.26 Å². The van der Waals surface area contributed by atoms with Crippen LogP contribution in [0.5, 0.6) is 0 Å². The van der Waals surface area contributed by atoms with Gasteiger partial charge in [0.25, 0.3) is 5.91 Å². The molecule has 2 N–H and O–H groups in total. The van der Waals surface area contributed by atoms with Crippen molar-refractivity contribution in [2.75, 3.05) is 32.7 Å². The van der Waals surface area contributed by atoms with Crippen LogP contribution in [0.15, 0.2) is 29.2 Å². The fraction of sp³-hybridized carbons (Fsp3) is 0.556. The van der Waals surface area contributed by atoms with E-state index in [1.807, 2.05) is 13.0 Å². The molecule has 0 saturated carbocycles. The highest BCUT2D eigenvalue weighted by molar-refractivity contribution is 7.89. The van der Waals surface area contributed by atoms with Crippen molar-refractivity contribution in [3.8, 4) is 6.07 Å². The van der Waals surface area contributed by atoms with E-state index in [-0.39, 0.29) is 22.4 Å². The van der Waals surface area contributed by atoms with Gasteiger partial charge in [-0.15, -0.1) is 0 Å². The molecule has 1 aromatic rings. The third kappa shape index (κ3) is 4.81. The zero-order chi connectivity index (χ0) is 19.3. The molecule has 2 rings (SSSR count). The first-order valence-corrected chi connectivity index (χ1v) is 10.3. The van der Waals surface area contributed by atoms with Gasteiger partial charge < -0.3 is 10.2 Å². The monoisotopic (exact) mass is 379 g/mol. The van der Waals surface area contributed by atoms with Crippen molar-refractivity contribution in [3.63, 3.8) is 0 Å². The molecule has 1 aliphatic rings. The number of carbonyl (C=O) groups excluding carboxylic acids is 1. The van der Waals surface area contributed by atoms with Gasteiger partial charge in [0.2, 0.25) is 10.0 Å². The molecule has 1 fully saturated rings. The number of rotatable bonds is 6. The molecule has 0 aromatic heterocycles. The van der Waals surface area contributed by atoms with E-state index < -0.39 is 10.0 Å². The summed E-state index contributed by atoms with van der Waals surface area (Å²) in [5.74, 6) is 0.364. The topological polar surface area (TPSA) is 94.7 Å². The van der Waals surface area contributed by atoms with Crippen LogP contribution in [-0.4, -0.2) is 57.4 Å². The maximum Gasteiger partial charge on any atom is 0.275 e. The van der Waals surface area contributed by atoms with Crippen LogP contribution in [0.25, 0.3) is 0 Å². The lowest BCUT2D eigenvalue weighted by Crippen LogP contribution is -3.15. The van der Waals surface area contributed by atoms with Crippen molar-refractivity contribution in [2.45, 2.75) is 31.7 Å². The van der Waals surface area contributed by atoms with Gasteiger partial charge in [0.15, 0.2) is 6.54 Å². The number of hydrogen-bond donors (Lipinski definition) is 2. The lowest BCUT2D eigenvalue weighted by Gasteiger charge is -2.31. The minimum atomic E-state index is -3.69. The van der Waals surface area contributed by atoms with Gasteiger partial charge in [0.1, 0.15) is 6.07 Å². The highest BCUT2D eigenvalue weighted by Crippen LogP contribution is 2.19. The molecule has 0 aliphatic carbocycles. The average Bonchev–Trinajstić information content (AvgIpc) is 2.61. The first-order valence-electron chi connectivity index (χ1n) is 8.88. The maximum atomic E-state index is 12.8. The summed E-state index contributed by atoms with van der Waals surface area (Å²) in [5, 5.41) is 12.1. The highest BCUT2D eigenvalue weighted by atomic mass is 32.2. The summed E-state index contributed by atoms with van der Waals surface area (Å²) in [5.41, 5.74) is 0.157. The predicted molar refractivity (Wildman–Crippen MR) is 97.9 cm³/mol. The smallest absolute Gasteiger partial charge is 0.275 e. The van der Waals surface area contributed by atoms with Crippen molar-refractivity contribution >= 4 is 15.9 Å². The lowest BCUT2D eigenvalue weighted by atomic mass is 10.1. The number of piperazine rings is 1. The van der Waals surface area contributed by atoms with Gasteiger partial charge in [-0.25, -0.2) is 8.42 Å². The number of quaternary nitrogens is 1. The number of benzene rings is 1. The molecule has 1 saturated heterocycles. The Morgan fingerprint density at radius 3 is 2.46 bits per heavy atom. The van der Waals surface area contributed by atoms with Gasteiger partial charge in [0.05, 0.1) is 36.6 Å². The normalized spacial score (nSPS) is 17.7. The second-order valence-corrected chi connectivity index (χ2v) is 8.95. The molecule has 142 valence electrons. The summed E-state index contributed by atoms with van der Waals surface area (Å²) < 4.78 is 27.0. The Labute approximate surface area is 155 Å². The molecule has 1 amide bonds. The van der Waals surface area contributed by atoms with Gasteiger partial charge in [-0.2, -0.15) is 9.57 Å². The zero-order valence-electron chi connectivity index (χ0n) is 15.5. The Bertz CT molecular complexity index is 778. The summed E-state index contributed by atoms with van der Waals surface area (Å²) in [4.78, 5) is 13.2. The van der Waals surface area contributed by atoms with E-state index in [4.69, 9.17) is 5.26 Å². The van der Waals surface area contributed by atoms with Gasteiger partial charge in [-0.05, 0) is 25.0 Å². The summed E-state index contributed by atoms with van der Waals surface area (Å²) >= 11 is 0.